The van der Waals surface area contributed by atoms with Crippen molar-refractivity contribution in [3.63, 3.8) is 0 Å². The van der Waals surface area contributed by atoms with E-state index in [9.17, 15) is 0 Å². The predicted octanol–water partition coefficient (Wildman–Crippen LogP) is 3.82. The smallest absolute Gasteiger partial charge is 0.233 e. The van der Waals surface area contributed by atoms with Crippen LogP contribution in [-0.2, 0) is 0 Å². The first kappa shape index (κ1) is 14.5. The van der Waals surface area contributed by atoms with Crippen molar-refractivity contribution in [1.29, 1.82) is 0 Å². The Balaban J connectivity index is 2.30. The molecule has 0 atom stereocenters. The van der Waals surface area contributed by atoms with Crippen LogP contribution in [0.3, 0.4) is 0 Å². The quantitative estimate of drug-likeness (QED) is 0.877. The zero-order chi connectivity index (χ0) is 14.5. The van der Waals surface area contributed by atoms with E-state index in [0.717, 1.165) is 12.2 Å². The number of aromatic nitrogens is 3. The van der Waals surface area contributed by atoms with Gasteiger partial charge in [0.2, 0.25) is 17.2 Å². The monoisotopic (exact) mass is 291 g/mol. The fraction of sp³-hybridized carbons (Fsp3) is 0.357. The minimum absolute atomic E-state index is 0.167. The maximum absolute atomic E-state index is 5.91. The second kappa shape index (κ2) is 6.52. The first-order valence-electron chi connectivity index (χ1n) is 6.61. The van der Waals surface area contributed by atoms with Gasteiger partial charge < -0.3 is 10.6 Å². The molecule has 0 aliphatic rings. The number of nitrogens with zero attached hydrogens (tertiary/aromatic N) is 3. The second-order valence-electron chi connectivity index (χ2n) is 4.65. The summed E-state index contributed by atoms with van der Waals surface area (Å²) < 4.78 is 0. The van der Waals surface area contributed by atoms with E-state index in [2.05, 4.69) is 45.5 Å². The van der Waals surface area contributed by atoms with Gasteiger partial charge in [-0.2, -0.15) is 15.0 Å². The third kappa shape index (κ3) is 3.57. The molecule has 106 valence electrons. The van der Waals surface area contributed by atoms with Crippen molar-refractivity contribution in [3.05, 3.63) is 35.1 Å². The molecule has 2 N–H and O–H groups in total. The topological polar surface area (TPSA) is 62.7 Å². The lowest BCUT2D eigenvalue weighted by atomic mass is 10.0. The molecule has 0 unspecified atom stereocenters. The molecule has 1 heterocycles. The Morgan fingerprint density at radius 1 is 1.10 bits per heavy atom. The number of nitrogens with one attached hydrogen (secondary N) is 2. The number of hydrogen-bond donors (Lipinski definition) is 2. The second-order valence-corrected chi connectivity index (χ2v) is 4.99. The highest BCUT2D eigenvalue weighted by Crippen LogP contribution is 2.26. The van der Waals surface area contributed by atoms with Crippen LogP contribution in [0.1, 0.15) is 32.3 Å². The van der Waals surface area contributed by atoms with Gasteiger partial charge in [0, 0.05) is 12.2 Å². The van der Waals surface area contributed by atoms with Crippen LogP contribution in [0.2, 0.25) is 5.28 Å². The summed E-state index contributed by atoms with van der Waals surface area (Å²) >= 11 is 5.91. The Morgan fingerprint density at radius 2 is 1.80 bits per heavy atom. The van der Waals surface area contributed by atoms with E-state index in [0.29, 0.717) is 17.8 Å². The van der Waals surface area contributed by atoms with Gasteiger partial charge in [-0.15, -0.1) is 0 Å². The summed E-state index contributed by atoms with van der Waals surface area (Å²) in [6.45, 7) is 6.98. The molecule has 0 bridgehead atoms. The Labute approximate surface area is 123 Å². The molecular weight excluding hydrogens is 274 g/mol. The minimum Gasteiger partial charge on any atom is -0.354 e. The summed E-state index contributed by atoms with van der Waals surface area (Å²) in [6, 6.07) is 8.08. The summed E-state index contributed by atoms with van der Waals surface area (Å²) in [5, 5.41) is 6.40. The maximum Gasteiger partial charge on any atom is 0.233 e. The molecule has 0 amide bonds. The van der Waals surface area contributed by atoms with Crippen molar-refractivity contribution in [1.82, 2.24) is 15.0 Å². The molecule has 0 aliphatic carbocycles. The van der Waals surface area contributed by atoms with Gasteiger partial charge in [-0.05, 0) is 36.1 Å². The van der Waals surface area contributed by atoms with E-state index in [1.54, 1.807) is 0 Å². The molecule has 0 fully saturated rings. The van der Waals surface area contributed by atoms with Gasteiger partial charge in [-0.3, -0.25) is 0 Å². The van der Waals surface area contributed by atoms with Gasteiger partial charge >= 0.3 is 0 Å². The normalized spacial score (nSPS) is 10.7. The number of rotatable bonds is 5. The number of hydrogen-bond acceptors (Lipinski definition) is 5. The summed E-state index contributed by atoms with van der Waals surface area (Å²) in [7, 11) is 0. The molecule has 0 radical (unpaired) electrons. The molecule has 6 heteroatoms. The van der Waals surface area contributed by atoms with Crippen LogP contribution in [0, 0.1) is 0 Å². The van der Waals surface area contributed by atoms with Crippen LogP contribution in [0.25, 0.3) is 0 Å². The van der Waals surface area contributed by atoms with Crippen LogP contribution in [0.4, 0.5) is 17.6 Å². The van der Waals surface area contributed by atoms with Crippen molar-refractivity contribution >= 4 is 29.2 Å². The van der Waals surface area contributed by atoms with Crippen LogP contribution in [0.5, 0.6) is 0 Å². The first-order chi connectivity index (χ1) is 9.60. The van der Waals surface area contributed by atoms with Gasteiger partial charge in [0.25, 0.3) is 0 Å². The standard InChI is InChI=1S/C14H18ClN5/c1-4-16-13-18-12(15)19-14(20-13)17-11-8-6-5-7-10(11)9(2)3/h5-9H,4H2,1-3H3,(H2,16,17,18,19,20). The Bertz CT molecular complexity index is 586. The van der Waals surface area contributed by atoms with E-state index in [4.69, 9.17) is 11.6 Å². The molecule has 1 aromatic heterocycles. The molecule has 0 saturated heterocycles. The van der Waals surface area contributed by atoms with Crippen molar-refractivity contribution in [2.75, 3.05) is 17.2 Å². The lowest BCUT2D eigenvalue weighted by molar-refractivity contribution is 0.868. The van der Waals surface area contributed by atoms with Crippen LogP contribution >= 0.6 is 11.6 Å². The van der Waals surface area contributed by atoms with Gasteiger partial charge in [0.15, 0.2) is 0 Å². The largest absolute Gasteiger partial charge is 0.354 e. The molecule has 20 heavy (non-hydrogen) atoms. The van der Waals surface area contributed by atoms with E-state index in [-0.39, 0.29) is 5.28 Å². The Morgan fingerprint density at radius 3 is 2.50 bits per heavy atom. The van der Waals surface area contributed by atoms with Gasteiger partial charge in [-0.25, -0.2) is 0 Å². The van der Waals surface area contributed by atoms with E-state index >= 15 is 0 Å². The number of halogens is 1. The fourth-order valence-electron chi connectivity index (χ4n) is 1.88. The lowest BCUT2D eigenvalue weighted by Gasteiger charge is -2.13. The molecule has 2 aromatic rings. The van der Waals surface area contributed by atoms with Crippen LogP contribution < -0.4 is 10.6 Å². The summed E-state index contributed by atoms with van der Waals surface area (Å²) in [5.74, 6) is 1.32. The average Bonchev–Trinajstić information content (AvgIpc) is 2.38. The summed E-state index contributed by atoms with van der Waals surface area (Å²) in [6.07, 6.45) is 0. The highest BCUT2D eigenvalue weighted by molar-refractivity contribution is 6.28. The minimum atomic E-state index is 0.167. The highest BCUT2D eigenvalue weighted by atomic mass is 35.5. The van der Waals surface area contributed by atoms with Crippen molar-refractivity contribution < 1.29 is 0 Å². The zero-order valence-corrected chi connectivity index (χ0v) is 12.6. The Kier molecular flexibility index (Phi) is 4.74. The number of para-hydroxylation sites is 1. The number of anilines is 3. The summed E-state index contributed by atoms with van der Waals surface area (Å²) in [4.78, 5) is 12.4. The zero-order valence-electron chi connectivity index (χ0n) is 11.8. The first-order valence-corrected chi connectivity index (χ1v) is 6.99. The molecule has 0 spiro atoms. The van der Waals surface area contributed by atoms with E-state index < -0.39 is 0 Å². The van der Waals surface area contributed by atoms with E-state index in [1.165, 1.54) is 5.56 Å². The van der Waals surface area contributed by atoms with E-state index in [1.807, 2.05) is 25.1 Å². The highest BCUT2D eigenvalue weighted by Gasteiger charge is 2.09. The predicted molar refractivity (Wildman–Crippen MR) is 82.8 cm³/mol. The van der Waals surface area contributed by atoms with Crippen LogP contribution in [0.15, 0.2) is 24.3 Å². The molecule has 2 rings (SSSR count). The van der Waals surface area contributed by atoms with Gasteiger partial charge in [0.1, 0.15) is 0 Å². The number of benzene rings is 1. The molecule has 0 aliphatic heterocycles. The summed E-state index contributed by atoms with van der Waals surface area (Å²) in [5.41, 5.74) is 2.18. The van der Waals surface area contributed by atoms with Crippen molar-refractivity contribution in [2.24, 2.45) is 0 Å². The Hall–Kier alpha value is -1.88. The third-order valence-electron chi connectivity index (χ3n) is 2.77. The SMILES string of the molecule is CCNc1nc(Cl)nc(Nc2ccccc2C(C)C)n1. The lowest BCUT2D eigenvalue weighted by Crippen LogP contribution is -2.07. The molecular formula is C14H18ClN5. The van der Waals surface area contributed by atoms with Crippen molar-refractivity contribution in [3.8, 4) is 0 Å². The van der Waals surface area contributed by atoms with Crippen molar-refractivity contribution in [2.45, 2.75) is 26.7 Å². The molecule has 5 nitrogen and oxygen atoms in total. The van der Waals surface area contributed by atoms with Gasteiger partial charge in [-0.1, -0.05) is 32.0 Å². The fourth-order valence-corrected chi connectivity index (χ4v) is 2.04. The average molecular weight is 292 g/mol. The third-order valence-corrected chi connectivity index (χ3v) is 2.94. The molecule has 1 aromatic carbocycles. The van der Waals surface area contributed by atoms with Crippen LogP contribution in [-0.4, -0.2) is 21.5 Å². The molecule has 0 saturated carbocycles. The van der Waals surface area contributed by atoms with Gasteiger partial charge in [0.05, 0.1) is 0 Å². The maximum atomic E-state index is 5.91.